The molecule has 2 nitrogen and oxygen atoms in total. The lowest BCUT2D eigenvalue weighted by Crippen LogP contribution is -2.23. The van der Waals surface area contributed by atoms with E-state index in [0.29, 0.717) is 23.7 Å². The van der Waals surface area contributed by atoms with Gasteiger partial charge in [0.1, 0.15) is 0 Å². The largest absolute Gasteiger partial charge is 0.376 e. The van der Waals surface area contributed by atoms with Crippen LogP contribution in [0.5, 0.6) is 0 Å². The molecule has 1 fully saturated rings. The quantitative estimate of drug-likeness (QED) is 0.726. The molecule has 1 aliphatic carbocycles. The van der Waals surface area contributed by atoms with Crippen molar-refractivity contribution in [3.05, 3.63) is 59.7 Å². The second kappa shape index (κ2) is 7.64. The molecule has 1 aliphatic rings. The fraction of sp³-hybridized carbons (Fsp3) is 0.409. The smallest absolute Gasteiger partial charge is 0.0991 e. The maximum atomic E-state index is 8.89. The Morgan fingerprint density at radius 3 is 1.92 bits per heavy atom. The number of benzene rings is 2. The maximum absolute atomic E-state index is 8.89. The predicted octanol–water partition coefficient (Wildman–Crippen LogP) is 5.68. The van der Waals surface area contributed by atoms with E-state index >= 15 is 0 Å². The fourth-order valence-electron chi connectivity index (χ4n) is 3.60. The Hall–Kier alpha value is -2.11. The lowest BCUT2D eigenvalue weighted by molar-refractivity contribution is -0.0146. The number of rotatable bonds is 4. The van der Waals surface area contributed by atoms with Gasteiger partial charge in [0.05, 0.1) is 23.8 Å². The minimum Gasteiger partial charge on any atom is -0.376 e. The molecule has 0 aliphatic heterocycles. The summed E-state index contributed by atoms with van der Waals surface area (Å²) in [5.74, 6) is 0.659. The summed E-state index contributed by atoms with van der Waals surface area (Å²) in [4.78, 5) is 0. The van der Waals surface area contributed by atoms with E-state index in [1.165, 1.54) is 36.8 Å². The van der Waals surface area contributed by atoms with Crippen LogP contribution >= 0.6 is 0 Å². The standard InChI is InChI=1S/C22H25NO/c1-16(2)24-22-13-11-21(12-14-22)20-9-7-19(8-10-20)18-5-3-17(15-23)4-6-18/h3-10,16,21-22H,11-14H2,1-2H3. The van der Waals surface area contributed by atoms with E-state index in [1.54, 1.807) is 0 Å². The minimum atomic E-state index is 0.332. The molecule has 0 bridgehead atoms. The summed E-state index contributed by atoms with van der Waals surface area (Å²) in [5.41, 5.74) is 4.51. The van der Waals surface area contributed by atoms with Gasteiger partial charge in [-0.25, -0.2) is 0 Å². The average Bonchev–Trinajstić information content (AvgIpc) is 2.62. The zero-order valence-corrected chi connectivity index (χ0v) is 14.5. The fourth-order valence-corrected chi connectivity index (χ4v) is 3.60. The summed E-state index contributed by atoms with van der Waals surface area (Å²) >= 11 is 0. The van der Waals surface area contributed by atoms with Crippen molar-refractivity contribution in [1.82, 2.24) is 0 Å². The van der Waals surface area contributed by atoms with E-state index in [1.807, 2.05) is 24.3 Å². The van der Waals surface area contributed by atoms with Gasteiger partial charge < -0.3 is 4.74 Å². The third-order valence-electron chi connectivity index (χ3n) is 4.87. The van der Waals surface area contributed by atoms with E-state index in [9.17, 15) is 0 Å². The van der Waals surface area contributed by atoms with E-state index in [0.717, 1.165) is 5.56 Å². The van der Waals surface area contributed by atoms with Crippen molar-refractivity contribution in [3.8, 4) is 17.2 Å². The molecule has 124 valence electrons. The van der Waals surface area contributed by atoms with Crippen LogP contribution in [0.25, 0.3) is 11.1 Å². The lowest BCUT2D eigenvalue weighted by atomic mass is 9.82. The van der Waals surface area contributed by atoms with Crippen LogP contribution in [-0.4, -0.2) is 12.2 Å². The molecule has 0 saturated heterocycles. The Morgan fingerprint density at radius 2 is 1.42 bits per heavy atom. The van der Waals surface area contributed by atoms with Crippen LogP contribution in [0.15, 0.2) is 48.5 Å². The highest BCUT2D eigenvalue weighted by Crippen LogP contribution is 2.35. The van der Waals surface area contributed by atoms with Gasteiger partial charge in [-0.2, -0.15) is 5.26 Å². The van der Waals surface area contributed by atoms with Crippen molar-refractivity contribution in [2.24, 2.45) is 0 Å². The zero-order chi connectivity index (χ0) is 16.9. The Labute approximate surface area is 145 Å². The number of nitriles is 1. The summed E-state index contributed by atoms with van der Waals surface area (Å²) in [6.45, 7) is 4.24. The molecule has 0 aromatic heterocycles. The molecule has 0 spiro atoms. The van der Waals surface area contributed by atoms with Gasteiger partial charge in [-0.05, 0) is 74.3 Å². The summed E-state index contributed by atoms with van der Waals surface area (Å²) in [5, 5.41) is 8.89. The molecule has 2 aromatic rings. The van der Waals surface area contributed by atoms with Gasteiger partial charge in [-0.15, -0.1) is 0 Å². The molecular weight excluding hydrogens is 294 g/mol. The summed E-state index contributed by atoms with van der Waals surface area (Å²) in [6, 6.07) is 18.9. The summed E-state index contributed by atoms with van der Waals surface area (Å²) < 4.78 is 5.95. The molecular formula is C22H25NO. The van der Waals surface area contributed by atoms with Crippen LogP contribution in [0.4, 0.5) is 0 Å². The van der Waals surface area contributed by atoms with E-state index < -0.39 is 0 Å². The molecule has 3 rings (SSSR count). The van der Waals surface area contributed by atoms with Gasteiger partial charge in [-0.1, -0.05) is 36.4 Å². The van der Waals surface area contributed by atoms with Crippen molar-refractivity contribution < 1.29 is 4.74 Å². The summed E-state index contributed by atoms with van der Waals surface area (Å²) in [6.07, 6.45) is 5.54. The van der Waals surface area contributed by atoms with Gasteiger partial charge >= 0.3 is 0 Å². The molecule has 0 atom stereocenters. The van der Waals surface area contributed by atoms with Crippen molar-refractivity contribution in [2.75, 3.05) is 0 Å². The third-order valence-corrected chi connectivity index (χ3v) is 4.87. The first-order valence-electron chi connectivity index (χ1n) is 8.91. The molecule has 24 heavy (non-hydrogen) atoms. The SMILES string of the molecule is CC(C)OC1CCC(c2ccc(-c3ccc(C#N)cc3)cc2)CC1. The molecule has 0 N–H and O–H groups in total. The molecule has 1 saturated carbocycles. The first-order chi connectivity index (χ1) is 11.7. The average molecular weight is 319 g/mol. The number of ether oxygens (including phenoxy) is 1. The maximum Gasteiger partial charge on any atom is 0.0991 e. The monoisotopic (exact) mass is 319 g/mol. The zero-order valence-electron chi connectivity index (χ0n) is 14.5. The number of hydrogen-bond acceptors (Lipinski definition) is 2. The molecule has 0 amide bonds. The topological polar surface area (TPSA) is 33.0 Å². The second-order valence-electron chi connectivity index (χ2n) is 6.97. The third kappa shape index (κ3) is 4.04. The van der Waals surface area contributed by atoms with E-state index in [-0.39, 0.29) is 0 Å². The molecule has 2 heteroatoms. The summed E-state index contributed by atoms with van der Waals surface area (Å²) in [7, 11) is 0. The van der Waals surface area contributed by atoms with Crippen molar-refractivity contribution in [3.63, 3.8) is 0 Å². The molecule has 0 unspecified atom stereocenters. The van der Waals surface area contributed by atoms with Crippen molar-refractivity contribution in [2.45, 2.75) is 57.7 Å². The van der Waals surface area contributed by atoms with Crippen LogP contribution in [0.3, 0.4) is 0 Å². The molecule has 0 radical (unpaired) electrons. The highest BCUT2D eigenvalue weighted by molar-refractivity contribution is 5.64. The minimum absolute atomic E-state index is 0.332. The molecule has 0 heterocycles. The Balaban J connectivity index is 1.63. The predicted molar refractivity (Wildman–Crippen MR) is 97.8 cm³/mol. The normalized spacial score (nSPS) is 20.8. The van der Waals surface area contributed by atoms with Crippen LogP contribution in [0.2, 0.25) is 0 Å². The van der Waals surface area contributed by atoms with Gasteiger partial charge in [0.2, 0.25) is 0 Å². The first-order valence-corrected chi connectivity index (χ1v) is 8.91. The molecule has 2 aromatic carbocycles. The Morgan fingerprint density at radius 1 is 0.875 bits per heavy atom. The van der Waals surface area contributed by atoms with Gasteiger partial charge in [-0.3, -0.25) is 0 Å². The Bertz CT molecular complexity index is 686. The van der Waals surface area contributed by atoms with Crippen LogP contribution < -0.4 is 0 Å². The van der Waals surface area contributed by atoms with Crippen LogP contribution in [0, 0.1) is 11.3 Å². The first kappa shape index (κ1) is 16.7. The highest BCUT2D eigenvalue weighted by atomic mass is 16.5. The van der Waals surface area contributed by atoms with Gasteiger partial charge in [0, 0.05) is 0 Å². The van der Waals surface area contributed by atoms with Gasteiger partial charge in [0.15, 0.2) is 0 Å². The van der Waals surface area contributed by atoms with Crippen LogP contribution in [-0.2, 0) is 4.74 Å². The van der Waals surface area contributed by atoms with Crippen molar-refractivity contribution >= 4 is 0 Å². The van der Waals surface area contributed by atoms with Gasteiger partial charge in [0.25, 0.3) is 0 Å². The number of hydrogen-bond donors (Lipinski definition) is 0. The highest BCUT2D eigenvalue weighted by Gasteiger charge is 2.23. The lowest BCUT2D eigenvalue weighted by Gasteiger charge is -2.30. The van der Waals surface area contributed by atoms with E-state index in [4.69, 9.17) is 10.00 Å². The van der Waals surface area contributed by atoms with Crippen LogP contribution in [0.1, 0.15) is 56.6 Å². The van der Waals surface area contributed by atoms with E-state index in [2.05, 4.69) is 44.2 Å². The second-order valence-corrected chi connectivity index (χ2v) is 6.97. The van der Waals surface area contributed by atoms with Crippen molar-refractivity contribution in [1.29, 1.82) is 5.26 Å². The number of nitrogens with zero attached hydrogens (tertiary/aromatic N) is 1. The Kier molecular flexibility index (Phi) is 5.33.